The predicted octanol–water partition coefficient (Wildman–Crippen LogP) is 6.86. The molecule has 3 aromatic carbocycles. The Morgan fingerprint density at radius 3 is 2.00 bits per heavy atom. The summed E-state index contributed by atoms with van der Waals surface area (Å²) in [4.78, 5) is 14.8. The molecule has 2 heterocycles. The predicted molar refractivity (Wildman–Crippen MR) is 176 cm³/mol. The molecule has 2 aliphatic heterocycles. The number of carbonyl (C=O) groups excluding carboxylic acids is 1. The molecular formula is C37H49ClN3O2+. The number of rotatable bonds is 11. The van der Waals surface area contributed by atoms with Gasteiger partial charge in [-0.05, 0) is 54.5 Å². The van der Waals surface area contributed by atoms with Gasteiger partial charge in [0.2, 0.25) is 5.91 Å². The third-order valence-corrected chi connectivity index (χ3v) is 11.0. The van der Waals surface area contributed by atoms with Crippen molar-refractivity contribution in [3.8, 4) is 0 Å². The lowest BCUT2D eigenvalue weighted by molar-refractivity contribution is -0.967. The number of hydrogen-bond acceptors (Lipinski definition) is 3. The molecule has 2 fully saturated rings. The zero-order valence-corrected chi connectivity index (χ0v) is 26.7. The summed E-state index contributed by atoms with van der Waals surface area (Å²) in [5, 5.41) is 12.4. The van der Waals surface area contributed by atoms with Crippen LogP contribution >= 0.6 is 11.6 Å². The van der Waals surface area contributed by atoms with Gasteiger partial charge < -0.3 is 15.3 Å². The number of nitrogens with two attached hydrogens (primary N) is 1. The number of carbonyl (C=O) groups is 1. The van der Waals surface area contributed by atoms with Gasteiger partial charge in [0.25, 0.3) is 0 Å². The number of piperidine rings is 2. The highest BCUT2D eigenvalue weighted by molar-refractivity contribution is 6.30. The van der Waals surface area contributed by atoms with Crippen LogP contribution in [0.1, 0.15) is 75.5 Å². The first kappa shape index (κ1) is 31.7. The highest BCUT2D eigenvalue weighted by atomic mass is 35.5. The zero-order valence-electron chi connectivity index (χ0n) is 25.9. The van der Waals surface area contributed by atoms with Crippen LogP contribution in [0.3, 0.4) is 0 Å². The molecule has 5 rings (SSSR count). The summed E-state index contributed by atoms with van der Waals surface area (Å²) in [5.41, 5.74) is 8.44. The fourth-order valence-corrected chi connectivity index (χ4v) is 8.14. The molecule has 0 spiro atoms. The summed E-state index contributed by atoms with van der Waals surface area (Å²) in [6, 6.07) is 29.6. The van der Waals surface area contributed by atoms with Gasteiger partial charge in [0.05, 0.1) is 25.2 Å². The van der Waals surface area contributed by atoms with E-state index in [2.05, 4.69) is 79.4 Å². The first-order chi connectivity index (χ1) is 20.7. The second kappa shape index (κ2) is 13.5. The number of nitrogens with zero attached hydrogens (tertiary/aromatic N) is 2. The monoisotopic (exact) mass is 602 g/mol. The second-order valence-corrected chi connectivity index (χ2v) is 13.7. The quantitative estimate of drug-likeness (QED) is 0.236. The molecule has 6 heteroatoms. The fourth-order valence-electron chi connectivity index (χ4n) is 8.01. The summed E-state index contributed by atoms with van der Waals surface area (Å²) in [6.45, 7) is 9.37. The van der Waals surface area contributed by atoms with E-state index in [9.17, 15) is 9.90 Å². The molecular weight excluding hydrogens is 554 g/mol. The number of amides is 1. The smallest absolute Gasteiger partial charge is 0.220 e. The molecule has 0 aromatic heterocycles. The Bertz CT molecular complexity index is 1280. The van der Waals surface area contributed by atoms with Crippen molar-refractivity contribution in [3.05, 3.63) is 107 Å². The van der Waals surface area contributed by atoms with Gasteiger partial charge in [0.15, 0.2) is 0 Å². The molecule has 0 bridgehead atoms. The average molecular weight is 603 g/mol. The van der Waals surface area contributed by atoms with E-state index in [4.69, 9.17) is 17.3 Å². The lowest BCUT2D eigenvalue weighted by atomic mass is 9.72. The molecule has 2 saturated heterocycles. The first-order valence-electron chi connectivity index (χ1n) is 16.2. The normalized spacial score (nSPS) is 23.5. The van der Waals surface area contributed by atoms with Crippen LogP contribution in [-0.4, -0.2) is 59.3 Å². The van der Waals surface area contributed by atoms with Crippen LogP contribution in [0.2, 0.25) is 5.02 Å². The largest absolute Gasteiger partial charge is 0.385 e. The Labute approximate surface area is 263 Å². The molecule has 1 amide bonds. The minimum atomic E-state index is -0.844. The highest BCUT2D eigenvalue weighted by Gasteiger charge is 2.47. The number of hydrogen-bond donors (Lipinski definition) is 2. The van der Waals surface area contributed by atoms with E-state index in [-0.39, 0.29) is 17.2 Å². The topological polar surface area (TPSA) is 66.6 Å². The minimum Gasteiger partial charge on any atom is -0.385 e. The maximum atomic E-state index is 12.2. The van der Waals surface area contributed by atoms with Crippen LogP contribution in [0.15, 0.2) is 84.9 Å². The number of quaternary nitrogens is 1. The number of primary amides is 1. The van der Waals surface area contributed by atoms with E-state index in [1.165, 1.54) is 11.1 Å². The molecule has 3 aromatic rings. The number of benzene rings is 3. The van der Waals surface area contributed by atoms with Crippen molar-refractivity contribution >= 4 is 17.5 Å². The molecule has 0 saturated carbocycles. The van der Waals surface area contributed by atoms with Crippen LogP contribution in [0, 0.1) is 5.92 Å². The standard InChI is InChI=1S/C37H48ClN3O2/c1-3-26-41(27-19-29(20-28-41)35(39)42)34(40-24-22-37(43,23-25-40)32-14-16-33(38)17-15-32)18-21-36(2,30-10-6-4-7-11-30)31-12-8-5-9-13-31/h4-17,29,34,43H,3,18-28H2,1-2H3,(H-,39,42)/p+1. The van der Waals surface area contributed by atoms with Crippen molar-refractivity contribution in [2.45, 2.75) is 76.0 Å². The zero-order chi connectivity index (χ0) is 30.5. The van der Waals surface area contributed by atoms with Gasteiger partial charge in [-0.3, -0.25) is 9.69 Å². The van der Waals surface area contributed by atoms with Gasteiger partial charge in [0.1, 0.15) is 6.17 Å². The molecule has 3 N–H and O–H groups in total. The second-order valence-electron chi connectivity index (χ2n) is 13.2. The van der Waals surface area contributed by atoms with E-state index in [0.29, 0.717) is 24.0 Å². The van der Waals surface area contributed by atoms with E-state index in [0.717, 1.165) is 74.9 Å². The summed E-state index contributed by atoms with van der Waals surface area (Å²) in [6.07, 6.45) is 6.51. The van der Waals surface area contributed by atoms with Crippen LogP contribution < -0.4 is 5.73 Å². The van der Waals surface area contributed by atoms with Crippen molar-refractivity contribution in [1.29, 1.82) is 0 Å². The number of halogens is 1. The lowest BCUT2D eigenvalue weighted by Gasteiger charge is -2.54. The first-order valence-corrected chi connectivity index (χ1v) is 16.6. The Hall–Kier alpha value is -2.70. The van der Waals surface area contributed by atoms with Crippen LogP contribution in [0.5, 0.6) is 0 Å². The highest BCUT2D eigenvalue weighted by Crippen LogP contribution is 2.42. The Balaban J connectivity index is 1.45. The van der Waals surface area contributed by atoms with Crippen molar-refractivity contribution in [2.24, 2.45) is 11.7 Å². The molecule has 0 radical (unpaired) electrons. The van der Waals surface area contributed by atoms with E-state index in [1.54, 1.807) is 0 Å². The third kappa shape index (κ3) is 6.86. The molecule has 230 valence electrons. The van der Waals surface area contributed by atoms with Gasteiger partial charge in [-0.2, -0.15) is 0 Å². The number of aliphatic hydroxyl groups is 1. The summed E-state index contributed by atoms with van der Waals surface area (Å²) in [7, 11) is 0. The van der Waals surface area contributed by atoms with Crippen LogP contribution in [-0.2, 0) is 15.8 Å². The molecule has 43 heavy (non-hydrogen) atoms. The van der Waals surface area contributed by atoms with E-state index in [1.807, 2.05) is 24.3 Å². The molecule has 1 unspecified atom stereocenters. The molecule has 5 nitrogen and oxygen atoms in total. The van der Waals surface area contributed by atoms with Crippen molar-refractivity contribution in [3.63, 3.8) is 0 Å². The lowest BCUT2D eigenvalue weighted by Crippen LogP contribution is -2.67. The maximum absolute atomic E-state index is 12.2. The van der Waals surface area contributed by atoms with E-state index >= 15 is 0 Å². The molecule has 1 atom stereocenters. The summed E-state index contributed by atoms with van der Waals surface area (Å²) in [5.74, 6) is -0.184. The average Bonchev–Trinajstić information content (AvgIpc) is 3.03. The fraction of sp³-hybridized carbons (Fsp3) is 0.486. The van der Waals surface area contributed by atoms with Crippen LogP contribution in [0.4, 0.5) is 0 Å². The van der Waals surface area contributed by atoms with Crippen molar-refractivity contribution in [1.82, 2.24) is 4.90 Å². The Morgan fingerprint density at radius 2 is 1.51 bits per heavy atom. The molecule has 2 aliphatic rings. The van der Waals surface area contributed by atoms with Crippen LogP contribution in [0.25, 0.3) is 0 Å². The maximum Gasteiger partial charge on any atom is 0.220 e. The number of likely N-dealkylation sites (tertiary alicyclic amines) is 2. The van der Waals surface area contributed by atoms with Gasteiger partial charge >= 0.3 is 0 Å². The van der Waals surface area contributed by atoms with Gasteiger partial charge in [-0.25, -0.2) is 0 Å². The third-order valence-electron chi connectivity index (χ3n) is 10.7. The van der Waals surface area contributed by atoms with Gasteiger partial charge in [-0.1, -0.05) is 98.2 Å². The SMILES string of the molecule is CCC[N+]1(C(CCC(C)(c2ccccc2)c2ccccc2)N2CCC(O)(c3ccc(Cl)cc3)CC2)CCC(C(N)=O)CC1. The molecule has 0 aliphatic carbocycles. The van der Waals surface area contributed by atoms with Gasteiger partial charge in [0, 0.05) is 48.7 Å². The minimum absolute atomic E-state index is 0.0287. The Morgan fingerprint density at radius 1 is 0.977 bits per heavy atom. The van der Waals surface area contributed by atoms with E-state index < -0.39 is 5.60 Å². The van der Waals surface area contributed by atoms with Crippen molar-refractivity contribution in [2.75, 3.05) is 32.7 Å². The summed E-state index contributed by atoms with van der Waals surface area (Å²) >= 11 is 6.16. The summed E-state index contributed by atoms with van der Waals surface area (Å²) < 4.78 is 0.999. The van der Waals surface area contributed by atoms with Crippen molar-refractivity contribution < 1.29 is 14.4 Å². The Kier molecular flexibility index (Phi) is 9.97. The van der Waals surface area contributed by atoms with Gasteiger partial charge in [-0.15, -0.1) is 0 Å².